The first-order valence-electron chi connectivity index (χ1n) is 9.47. The van der Waals surface area contributed by atoms with Gasteiger partial charge in [0.1, 0.15) is 12.1 Å². The van der Waals surface area contributed by atoms with Gasteiger partial charge in [-0.05, 0) is 60.7 Å². The first kappa shape index (κ1) is 17.4. The number of rotatable bonds is 5. The van der Waals surface area contributed by atoms with Gasteiger partial charge in [0.15, 0.2) is 0 Å². The average Bonchev–Trinajstić information content (AvgIpc) is 3.02. The largest absolute Gasteiger partial charge is 0.301 e. The minimum absolute atomic E-state index is 0.0801. The van der Waals surface area contributed by atoms with E-state index in [0.29, 0.717) is 5.92 Å². The zero-order chi connectivity index (χ0) is 17.9. The monoisotopic (exact) mass is 352 g/mol. The predicted molar refractivity (Wildman–Crippen MR) is 100 cm³/mol. The van der Waals surface area contributed by atoms with Gasteiger partial charge in [0.25, 0.3) is 0 Å². The Morgan fingerprint density at radius 3 is 2.50 bits per heavy atom. The molecule has 2 aliphatic rings. The molecule has 4 rings (SSSR count). The van der Waals surface area contributed by atoms with E-state index in [1.165, 1.54) is 28.8 Å². The van der Waals surface area contributed by atoms with Crippen molar-refractivity contribution in [1.29, 1.82) is 0 Å². The summed E-state index contributed by atoms with van der Waals surface area (Å²) in [6, 6.07) is 15.0. The Morgan fingerprint density at radius 2 is 1.77 bits per heavy atom. The van der Waals surface area contributed by atoms with Crippen molar-refractivity contribution in [2.24, 2.45) is 5.92 Å². The summed E-state index contributed by atoms with van der Waals surface area (Å²) >= 11 is 0. The minimum atomic E-state index is -0.177. The van der Waals surface area contributed by atoms with Crippen molar-refractivity contribution in [3.05, 3.63) is 71.0 Å². The lowest BCUT2D eigenvalue weighted by atomic mass is 9.95. The van der Waals surface area contributed by atoms with Crippen LogP contribution in [0.15, 0.2) is 48.5 Å². The van der Waals surface area contributed by atoms with E-state index < -0.39 is 0 Å². The number of carbonyl (C=O) groups is 1. The fourth-order valence-electron chi connectivity index (χ4n) is 4.32. The summed E-state index contributed by atoms with van der Waals surface area (Å²) < 4.78 is 13.0. The van der Waals surface area contributed by atoms with Crippen molar-refractivity contribution >= 4 is 6.29 Å². The summed E-state index contributed by atoms with van der Waals surface area (Å²) in [5.41, 5.74) is 3.63. The molecule has 2 aliphatic heterocycles. The van der Waals surface area contributed by atoms with Crippen LogP contribution in [0, 0.1) is 11.7 Å². The maximum Gasteiger partial charge on any atom is 0.141 e. The summed E-state index contributed by atoms with van der Waals surface area (Å²) in [6.07, 6.45) is 3.40. The highest BCUT2D eigenvalue weighted by Crippen LogP contribution is 2.34. The Labute approximate surface area is 154 Å². The molecule has 0 aliphatic carbocycles. The molecule has 0 amide bonds. The van der Waals surface area contributed by atoms with Crippen molar-refractivity contribution in [3.63, 3.8) is 0 Å². The molecule has 1 unspecified atom stereocenters. The van der Waals surface area contributed by atoms with E-state index in [0.717, 1.165) is 51.9 Å². The Hall–Kier alpha value is -2.04. The number of piperidine rings is 1. The Kier molecular flexibility index (Phi) is 5.14. The smallest absolute Gasteiger partial charge is 0.141 e. The molecule has 0 saturated carbocycles. The van der Waals surface area contributed by atoms with Gasteiger partial charge in [-0.25, -0.2) is 4.39 Å². The minimum Gasteiger partial charge on any atom is -0.301 e. The number of aldehydes is 1. The van der Waals surface area contributed by atoms with Crippen LogP contribution in [0.3, 0.4) is 0 Å². The topological polar surface area (TPSA) is 23.6 Å². The first-order valence-corrected chi connectivity index (χ1v) is 9.47. The molecule has 0 aromatic heterocycles. The second kappa shape index (κ2) is 7.68. The van der Waals surface area contributed by atoms with E-state index in [4.69, 9.17) is 0 Å². The van der Waals surface area contributed by atoms with Gasteiger partial charge in [0.05, 0.1) is 6.04 Å². The van der Waals surface area contributed by atoms with Crippen LogP contribution in [0.1, 0.15) is 35.6 Å². The van der Waals surface area contributed by atoms with Crippen LogP contribution in [0.4, 0.5) is 4.39 Å². The normalized spacial score (nSPS) is 21.7. The number of fused-ring (bicyclic) bond motifs is 1. The van der Waals surface area contributed by atoms with Crippen LogP contribution in [-0.4, -0.2) is 35.7 Å². The number of hydrogen-bond acceptors (Lipinski definition) is 3. The Balaban J connectivity index is 1.30. The first-order chi connectivity index (χ1) is 12.7. The zero-order valence-corrected chi connectivity index (χ0v) is 15.0. The standard InChI is InChI=1S/C22H25FN2O/c23-20-7-5-17(6-8-20)13-24-11-9-18(10-12-24)14-25-15-19-3-1-2-4-21(19)22(25)16-26/h1-8,16,18,22H,9-15H2. The van der Waals surface area contributed by atoms with Crippen LogP contribution in [0.2, 0.25) is 0 Å². The summed E-state index contributed by atoms with van der Waals surface area (Å²) in [7, 11) is 0. The Bertz CT molecular complexity index is 753. The third kappa shape index (κ3) is 3.71. The predicted octanol–water partition coefficient (Wildman–Crippen LogP) is 3.79. The highest BCUT2D eigenvalue weighted by atomic mass is 19.1. The number of halogens is 1. The third-order valence-corrected chi connectivity index (χ3v) is 5.79. The molecule has 0 N–H and O–H groups in total. The molecule has 4 heteroatoms. The molecule has 2 heterocycles. The highest BCUT2D eigenvalue weighted by Gasteiger charge is 2.32. The summed E-state index contributed by atoms with van der Waals surface area (Å²) in [5.74, 6) is 0.458. The number of nitrogens with zero attached hydrogens (tertiary/aromatic N) is 2. The van der Waals surface area contributed by atoms with Crippen LogP contribution < -0.4 is 0 Å². The summed E-state index contributed by atoms with van der Waals surface area (Å²) in [6.45, 7) is 4.89. The van der Waals surface area contributed by atoms with Crippen molar-refractivity contribution in [1.82, 2.24) is 9.80 Å². The van der Waals surface area contributed by atoms with Gasteiger partial charge in [-0.15, -0.1) is 0 Å². The highest BCUT2D eigenvalue weighted by molar-refractivity contribution is 5.64. The lowest BCUT2D eigenvalue weighted by Gasteiger charge is -2.34. The molecule has 3 nitrogen and oxygen atoms in total. The molecule has 2 aromatic rings. The van der Waals surface area contributed by atoms with Crippen LogP contribution in [-0.2, 0) is 17.9 Å². The quantitative estimate of drug-likeness (QED) is 0.765. The van der Waals surface area contributed by atoms with Gasteiger partial charge in [-0.2, -0.15) is 0 Å². The van der Waals surface area contributed by atoms with Gasteiger partial charge < -0.3 is 4.79 Å². The van der Waals surface area contributed by atoms with Crippen LogP contribution in [0.25, 0.3) is 0 Å². The van der Waals surface area contributed by atoms with Crippen molar-refractivity contribution < 1.29 is 9.18 Å². The maximum atomic E-state index is 13.0. The average molecular weight is 352 g/mol. The van der Waals surface area contributed by atoms with Crippen LogP contribution >= 0.6 is 0 Å². The maximum absolute atomic E-state index is 13.0. The molecule has 2 aromatic carbocycles. The third-order valence-electron chi connectivity index (χ3n) is 5.79. The lowest BCUT2D eigenvalue weighted by Crippen LogP contribution is -2.38. The number of benzene rings is 2. The van der Waals surface area contributed by atoms with Crippen molar-refractivity contribution in [2.75, 3.05) is 19.6 Å². The number of likely N-dealkylation sites (tertiary alicyclic amines) is 1. The molecule has 26 heavy (non-hydrogen) atoms. The van der Waals surface area contributed by atoms with E-state index in [2.05, 4.69) is 28.0 Å². The fraction of sp³-hybridized carbons (Fsp3) is 0.409. The van der Waals surface area contributed by atoms with E-state index in [9.17, 15) is 9.18 Å². The van der Waals surface area contributed by atoms with Gasteiger partial charge in [0, 0.05) is 19.6 Å². The van der Waals surface area contributed by atoms with Gasteiger partial charge >= 0.3 is 0 Å². The SMILES string of the molecule is O=CC1c2ccccc2CN1CC1CCN(Cc2ccc(F)cc2)CC1. The fourth-order valence-corrected chi connectivity index (χ4v) is 4.32. The van der Waals surface area contributed by atoms with Crippen LogP contribution in [0.5, 0.6) is 0 Å². The zero-order valence-electron chi connectivity index (χ0n) is 15.0. The second-order valence-electron chi connectivity index (χ2n) is 7.56. The molecular formula is C22H25FN2O. The van der Waals surface area contributed by atoms with E-state index in [1.54, 1.807) is 0 Å². The number of hydrogen-bond donors (Lipinski definition) is 0. The van der Waals surface area contributed by atoms with Gasteiger partial charge in [0.2, 0.25) is 0 Å². The molecule has 0 spiro atoms. The summed E-state index contributed by atoms with van der Waals surface area (Å²) in [4.78, 5) is 16.4. The second-order valence-corrected chi connectivity index (χ2v) is 7.56. The van der Waals surface area contributed by atoms with E-state index >= 15 is 0 Å². The molecule has 1 saturated heterocycles. The molecule has 136 valence electrons. The molecule has 1 fully saturated rings. The Morgan fingerprint density at radius 1 is 1.04 bits per heavy atom. The van der Waals surface area contributed by atoms with E-state index in [-0.39, 0.29) is 11.9 Å². The summed E-state index contributed by atoms with van der Waals surface area (Å²) in [5, 5.41) is 0. The van der Waals surface area contributed by atoms with Gasteiger partial charge in [-0.1, -0.05) is 36.4 Å². The molecule has 0 radical (unpaired) electrons. The molecule has 0 bridgehead atoms. The van der Waals surface area contributed by atoms with E-state index in [1.807, 2.05) is 18.2 Å². The molecule has 1 atom stereocenters. The van der Waals surface area contributed by atoms with Crippen molar-refractivity contribution in [3.8, 4) is 0 Å². The molecular weight excluding hydrogens is 327 g/mol. The van der Waals surface area contributed by atoms with Crippen molar-refractivity contribution in [2.45, 2.75) is 32.0 Å². The van der Waals surface area contributed by atoms with Gasteiger partial charge in [-0.3, -0.25) is 9.80 Å². The number of carbonyl (C=O) groups excluding carboxylic acids is 1. The lowest BCUT2D eigenvalue weighted by molar-refractivity contribution is -0.112.